The van der Waals surface area contributed by atoms with E-state index in [1.165, 1.54) is 0 Å². The second kappa shape index (κ2) is 8.08. The van der Waals surface area contributed by atoms with Crippen molar-refractivity contribution in [2.75, 3.05) is 13.1 Å². The van der Waals surface area contributed by atoms with Crippen LogP contribution in [0.5, 0.6) is 0 Å². The van der Waals surface area contributed by atoms with Gasteiger partial charge in [0.25, 0.3) is 0 Å². The van der Waals surface area contributed by atoms with E-state index in [0.717, 1.165) is 16.7 Å². The molecule has 2 aromatic rings. The van der Waals surface area contributed by atoms with Gasteiger partial charge in [0, 0.05) is 31.9 Å². The van der Waals surface area contributed by atoms with Crippen molar-refractivity contribution in [1.29, 1.82) is 0 Å². The van der Waals surface area contributed by atoms with E-state index in [0.29, 0.717) is 42.8 Å². The lowest BCUT2D eigenvalue weighted by Gasteiger charge is -2.10. The zero-order valence-electron chi connectivity index (χ0n) is 13.3. The minimum absolute atomic E-state index is 0.349. The Balaban J connectivity index is 1.87. The maximum Gasteiger partial charge on any atom is 0.434 e. The first kappa shape index (κ1) is 18.2. The maximum atomic E-state index is 12.5. The zero-order valence-corrected chi connectivity index (χ0v) is 14.1. The number of hydrogen-bond acceptors (Lipinski definition) is 5. The number of rotatable bonds is 6. The molecule has 2 heterocycles. The molecule has 0 aliphatic rings. The fourth-order valence-corrected chi connectivity index (χ4v) is 2.59. The van der Waals surface area contributed by atoms with E-state index in [4.69, 9.17) is 0 Å². The molecule has 0 saturated heterocycles. The SMILES string of the molecule is CCNC(=NCc1nncn1C)NCCc1nc(C(F)(F)F)cs1. The van der Waals surface area contributed by atoms with Crippen LogP contribution in [0, 0.1) is 0 Å². The zero-order chi connectivity index (χ0) is 17.6. The van der Waals surface area contributed by atoms with Gasteiger partial charge >= 0.3 is 6.18 Å². The Hall–Kier alpha value is -2.17. The predicted molar refractivity (Wildman–Crippen MR) is 84.6 cm³/mol. The van der Waals surface area contributed by atoms with Gasteiger partial charge in [-0.3, -0.25) is 0 Å². The summed E-state index contributed by atoms with van der Waals surface area (Å²) in [6, 6.07) is 0. The Morgan fingerprint density at radius 1 is 1.38 bits per heavy atom. The number of aliphatic imine (C=N–C) groups is 1. The molecule has 0 fully saturated rings. The Kier molecular flexibility index (Phi) is 6.12. The van der Waals surface area contributed by atoms with E-state index in [-0.39, 0.29) is 0 Å². The molecule has 0 radical (unpaired) electrons. The number of aromatic nitrogens is 4. The molecule has 0 aliphatic carbocycles. The smallest absolute Gasteiger partial charge is 0.357 e. The molecule has 2 rings (SSSR count). The summed E-state index contributed by atoms with van der Waals surface area (Å²) in [5.41, 5.74) is -0.842. The van der Waals surface area contributed by atoms with Crippen LogP contribution in [0.2, 0.25) is 0 Å². The fourth-order valence-electron chi connectivity index (χ4n) is 1.79. The standard InChI is InChI=1S/C13H18F3N7S/c1-3-17-12(19-6-10-22-20-8-23(10)2)18-5-4-11-21-9(7-24-11)13(14,15)16/h7-8H,3-6H2,1-2H3,(H2,17,18,19). The summed E-state index contributed by atoms with van der Waals surface area (Å²) in [4.78, 5) is 7.96. The Labute approximate surface area is 141 Å². The summed E-state index contributed by atoms with van der Waals surface area (Å²) in [5, 5.41) is 15.3. The highest BCUT2D eigenvalue weighted by atomic mass is 32.1. The van der Waals surface area contributed by atoms with Crippen LogP contribution >= 0.6 is 11.3 Å². The van der Waals surface area contributed by atoms with Crippen molar-refractivity contribution in [3.05, 3.63) is 28.2 Å². The van der Waals surface area contributed by atoms with Crippen LogP contribution in [-0.4, -0.2) is 38.8 Å². The van der Waals surface area contributed by atoms with E-state index in [1.807, 2.05) is 14.0 Å². The topological polar surface area (TPSA) is 80.0 Å². The van der Waals surface area contributed by atoms with Gasteiger partial charge < -0.3 is 15.2 Å². The van der Waals surface area contributed by atoms with Gasteiger partial charge in [-0.2, -0.15) is 13.2 Å². The van der Waals surface area contributed by atoms with Crippen molar-refractivity contribution >= 4 is 17.3 Å². The first-order valence-electron chi connectivity index (χ1n) is 7.26. The summed E-state index contributed by atoms with van der Waals surface area (Å²) >= 11 is 1.00. The number of nitrogens with one attached hydrogen (secondary N) is 2. The number of alkyl halides is 3. The van der Waals surface area contributed by atoms with Crippen molar-refractivity contribution in [2.45, 2.75) is 26.1 Å². The number of thiazole rings is 1. The van der Waals surface area contributed by atoms with Crippen molar-refractivity contribution in [3.63, 3.8) is 0 Å². The van der Waals surface area contributed by atoms with Gasteiger partial charge in [-0.15, -0.1) is 21.5 Å². The second-order valence-electron chi connectivity index (χ2n) is 4.85. The second-order valence-corrected chi connectivity index (χ2v) is 5.80. The molecule has 0 amide bonds. The molecule has 0 aromatic carbocycles. The van der Waals surface area contributed by atoms with Gasteiger partial charge in [0.2, 0.25) is 0 Å². The van der Waals surface area contributed by atoms with Crippen LogP contribution in [0.25, 0.3) is 0 Å². The van der Waals surface area contributed by atoms with Gasteiger partial charge in [0.05, 0.1) is 5.01 Å². The Morgan fingerprint density at radius 2 is 2.17 bits per heavy atom. The molecule has 24 heavy (non-hydrogen) atoms. The molecule has 0 saturated carbocycles. The lowest BCUT2D eigenvalue weighted by atomic mass is 10.4. The first-order chi connectivity index (χ1) is 11.4. The van der Waals surface area contributed by atoms with Crippen molar-refractivity contribution < 1.29 is 13.2 Å². The third-order valence-corrected chi connectivity index (χ3v) is 3.91. The molecule has 0 bridgehead atoms. The average Bonchev–Trinajstić information content (AvgIpc) is 3.13. The number of halogens is 3. The molecule has 0 spiro atoms. The molecule has 11 heteroatoms. The van der Waals surface area contributed by atoms with Crippen LogP contribution in [0.3, 0.4) is 0 Å². The third-order valence-electron chi connectivity index (χ3n) is 3.00. The number of hydrogen-bond donors (Lipinski definition) is 2. The molecular formula is C13H18F3N7S. The summed E-state index contributed by atoms with van der Waals surface area (Å²) in [6.45, 7) is 3.37. The molecule has 0 unspecified atom stereocenters. The third kappa shape index (κ3) is 5.18. The van der Waals surface area contributed by atoms with Crippen LogP contribution in [-0.2, 0) is 26.2 Å². The monoisotopic (exact) mass is 361 g/mol. The quantitative estimate of drug-likeness (QED) is 0.603. The van der Waals surface area contributed by atoms with Crippen LogP contribution in [0.1, 0.15) is 23.4 Å². The summed E-state index contributed by atoms with van der Waals surface area (Å²) in [7, 11) is 1.83. The van der Waals surface area contributed by atoms with E-state index in [2.05, 4.69) is 30.8 Å². The van der Waals surface area contributed by atoms with E-state index >= 15 is 0 Å². The van der Waals surface area contributed by atoms with Crippen LogP contribution in [0.15, 0.2) is 16.7 Å². The van der Waals surface area contributed by atoms with E-state index in [1.54, 1.807) is 10.9 Å². The number of nitrogens with zero attached hydrogens (tertiary/aromatic N) is 5. The normalized spacial score (nSPS) is 12.5. The molecule has 2 aromatic heterocycles. The molecule has 0 aliphatic heterocycles. The van der Waals surface area contributed by atoms with Gasteiger partial charge in [0.1, 0.15) is 12.9 Å². The van der Waals surface area contributed by atoms with Crippen molar-refractivity contribution in [1.82, 2.24) is 30.4 Å². The minimum atomic E-state index is -4.39. The molecule has 132 valence electrons. The van der Waals surface area contributed by atoms with Crippen molar-refractivity contribution in [3.8, 4) is 0 Å². The minimum Gasteiger partial charge on any atom is -0.357 e. The first-order valence-corrected chi connectivity index (χ1v) is 8.14. The van der Waals surface area contributed by atoms with E-state index in [9.17, 15) is 13.2 Å². The Morgan fingerprint density at radius 3 is 2.75 bits per heavy atom. The molecule has 7 nitrogen and oxygen atoms in total. The van der Waals surface area contributed by atoms with E-state index < -0.39 is 11.9 Å². The summed E-state index contributed by atoms with van der Waals surface area (Å²) < 4.78 is 39.3. The molecule has 0 atom stereocenters. The molecule has 2 N–H and O–H groups in total. The average molecular weight is 361 g/mol. The van der Waals surface area contributed by atoms with Gasteiger partial charge in [-0.05, 0) is 6.92 Å². The maximum absolute atomic E-state index is 12.5. The Bertz CT molecular complexity index is 677. The summed E-state index contributed by atoms with van der Waals surface area (Å²) in [5.74, 6) is 1.27. The largest absolute Gasteiger partial charge is 0.434 e. The fraction of sp³-hybridized carbons (Fsp3) is 0.538. The van der Waals surface area contributed by atoms with Gasteiger partial charge in [-0.1, -0.05) is 0 Å². The highest BCUT2D eigenvalue weighted by molar-refractivity contribution is 7.09. The lowest BCUT2D eigenvalue weighted by molar-refractivity contribution is -0.140. The number of aryl methyl sites for hydroxylation is 1. The highest BCUT2D eigenvalue weighted by Gasteiger charge is 2.33. The predicted octanol–water partition coefficient (Wildman–Crippen LogP) is 1.59. The number of guanidine groups is 1. The highest BCUT2D eigenvalue weighted by Crippen LogP contribution is 2.29. The van der Waals surface area contributed by atoms with Crippen LogP contribution < -0.4 is 10.6 Å². The lowest BCUT2D eigenvalue weighted by Crippen LogP contribution is -2.38. The van der Waals surface area contributed by atoms with Crippen molar-refractivity contribution in [2.24, 2.45) is 12.0 Å². The van der Waals surface area contributed by atoms with Gasteiger partial charge in [0.15, 0.2) is 17.5 Å². The molecular weight excluding hydrogens is 343 g/mol. The van der Waals surface area contributed by atoms with Gasteiger partial charge in [-0.25, -0.2) is 9.98 Å². The summed E-state index contributed by atoms with van der Waals surface area (Å²) in [6.07, 6.45) is -2.42. The van der Waals surface area contributed by atoms with Crippen LogP contribution in [0.4, 0.5) is 13.2 Å².